The van der Waals surface area contributed by atoms with Crippen molar-refractivity contribution in [1.82, 2.24) is 10.2 Å². The lowest BCUT2D eigenvalue weighted by molar-refractivity contribution is -0.121. The van der Waals surface area contributed by atoms with Gasteiger partial charge in [-0.3, -0.25) is 4.79 Å². The topological polar surface area (TPSA) is 58.4 Å². The number of benzene rings is 1. The number of nitrogen functional groups attached to an aromatic ring is 1. The predicted octanol–water partition coefficient (Wildman–Crippen LogP) is 1.80. The summed E-state index contributed by atoms with van der Waals surface area (Å²) in [6.07, 6.45) is 5.23. The predicted molar refractivity (Wildman–Crippen MR) is 82.5 cm³/mol. The van der Waals surface area contributed by atoms with Crippen LogP contribution in [0.3, 0.4) is 0 Å². The number of anilines is 1. The second kappa shape index (κ2) is 6.27. The number of likely N-dealkylation sites (N-methyl/N-ethyl adjacent to an activating group) is 1. The zero-order valence-corrected chi connectivity index (χ0v) is 12.5. The minimum atomic E-state index is 0.0729. The van der Waals surface area contributed by atoms with Gasteiger partial charge in [0.15, 0.2) is 0 Å². The first-order chi connectivity index (χ1) is 9.52. The maximum Gasteiger partial charge on any atom is 0.224 e. The molecule has 1 saturated carbocycles. The van der Waals surface area contributed by atoms with Gasteiger partial charge in [0.25, 0.3) is 0 Å². The molecule has 0 spiro atoms. The molecule has 0 radical (unpaired) electrons. The maximum absolute atomic E-state index is 12.1. The van der Waals surface area contributed by atoms with Crippen molar-refractivity contribution < 1.29 is 4.79 Å². The molecule has 1 aliphatic rings. The Kier molecular flexibility index (Phi) is 4.65. The van der Waals surface area contributed by atoms with E-state index in [4.69, 9.17) is 5.73 Å². The van der Waals surface area contributed by atoms with Crippen LogP contribution in [0.25, 0.3) is 0 Å². The molecule has 3 N–H and O–H groups in total. The van der Waals surface area contributed by atoms with Crippen LogP contribution in [0.4, 0.5) is 5.69 Å². The molecule has 1 aliphatic carbocycles. The molecule has 4 nitrogen and oxygen atoms in total. The standard InChI is InChI=1S/C16H25N3O/c1-19(2)16(8-3-4-9-16)12-18-15(20)11-13-6-5-7-14(17)10-13/h5-7,10H,3-4,8-9,11-12,17H2,1-2H3,(H,18,20). The number of carbonyl (C=O) groups excluding carboxylic acids is 1. The van der Waals surface area contributed by atoms with E-state index in [1.54, 1.807) is 0 Å². The molecule has 1 aromatic rings. The summed E-state index contributed by atoms with van der Waals surface area (Å²) in [6.45, 7) is 0.737. The maximum atomic E-state index is 12.1. The van der Waals surface area contributed by atoms with Gasteiger partial charge in [-0.2, -0.15) is 0 Å². The van der Waals surface area contributed by atoms with E-state index in [9.17, 15) is 4.79 Å². The van der Waals surface area contributed by atoms with Crippen LogP contribution in [0, 0.1) is 0 Å². The number of rotatable bonds is 5. The molecule has 0 atom stereocenters. The monoisotopic (exact) mass is 275 g/mol. The number of carbonyl (C=O) groups is 1. The van der Waals surface area contributed by atoms with Gasteiger partial charge >= 0.3 is 0 Å². The summed E-state index contributed by atoms with van der Waals surface area (Å²) in [7, 11) is 4.21. The Hall–Kier alpha value is -1.55. The molecule has 110 valence electrons. The molecular formula is C16H25N3O. The van der Waals surface area contributed by atoms with Gasteiger partial charge in [0.05, 0.1) is 6.42 Å². The van der Waals surface area contributed by atoms with Crippen LogP contribution in [-0.2, 0) is 11.2 Å². The molecule has 1 amide bonds. The van der Waals surface area contributed by atoms with E-state index in [1.165, 1.54) is 25.7 Å². The summed E-state index contributed by atoms with van der Waals surface area (Å²) >= 11 is 0. The zero-order valence-electron chi connectivity index (χ0n) is 12.5. The number of amides is 1. The second-order valence-electron chi connectivity index (χ2n) is 6.02. The van der Waals surface area contributed by atoms with Crippen LogP contribution in [0.1, 0.15) is 31.2 Å². The van der Waals surface area contributed by atoms with Crippen molar-refractivity contribution in [2.75, 3.05) is 26.4 Å². The fourth-order valence-corrected chi connectivity index (χ4v) is 3.03. The van der Waals surface area contributed by atoms with Gasteiger partial charge in [0.2, 0.25) is 5.91 Å². The Labute approximate surface area is 121 Å². The lowest BCUT2D eigenvalue weighted by atomic mass is 9.96. The van der Waals surface area contributed by atoms with Crippen molar-refractivity contribution in [3.05, 3.63) is 29.8 Å². The molecule has 0 saturated heterocycles. The first-order valence-electron chi connectivity index (χ1n) is 7.30. The van der Waals surface area contributed by atoms with Crippen molar-refractivity contribution in [2.45, 2.75) is 37.6 Å². The second-order valence-corrected chi connectivity index (χ2v) is 6.02. The Balaban J connectivity index is 1.88. The van der Waals surface area contributed by atoms with E-state index in [2.05, 4.69) is 24.3 Å². The molecule has 0 bridgehead atoms. The molecule has 0 aliphatic heterocycles. The number of nitrogens with zero attached hydrogens (tertiary/aromatic N) is 1. The number of hydrogen-bond acceptors (Lipinski definition) is 3. The Morgan fingerprint density at radius 2 is 2.05 bits per heavy atom. The summed E-state index contributed by atoms with van der Waals surface area (Å²) in [5.74, 6) is 0.0729. The van der Waals surface area contributed by atoms with Crippen molar-refractivity contribution in [2.24, 2.45) is 0 Å². The van der Waals surface area contributed by atoms with Crippen molar-refractivity contribution in [3.8, 4) is 0 Å². The third-order valence-corrected chi connectivity index (χ3v) is 4.41. The lowest BCUT2D eigenvalue weighted by Gasteiger charge is -2.36. The highest BCUT2D eigenvalue weighted by Crippen LogP contribution is 2.33. The summed E-state index contributed by atoms with van der Waals surface area (Å²) in [6, 6.07) is 7.52. The van der Waals surface area contributed by atoms with Gasteiger partial charge in [0.1, 0.15) is 0 Å². The first-order valence-corrected chi connectivity index (χ1v) is 7.30. The molecule has 2 rings (SSSR count). The highest BCUT2D eigenvalue weighted by atomic mass is 16.1. The number of hydrogen-bond donors (Lipinski definition) is 2. The van der Waals surface area contributed by atoms with E-state index in [1.807, 2.05) is 24.3 Å². The average molecular weight is 275 g/mol. The summed E-state index contributed by atoms with van der Waals surface area (Å²) in [4.78, 5) is 14.3. The minimum absolute atomic E-state index is 0.0729. The van der Waals surface area contributed by atoms with E-state index in [-0.39, 0.29) is 11.4 Å². The molecule has 20 heavy (non-hydrogen) atoms. The van der Waals surface area contributed by atoms with E-state index in [0.29, 0.717) is 12.1 Å². The number of nitrogens with one attached hydrogen (secondary N) is 1. The van der Waals surface area contributed by atoms with Crippen molar-refractivity contribution >= 4 is 11.6 Å². The summed E-state index contributed by atoms with van der Waals surface area (Å²) in [5, 5.41) is 3.09. The van der Waals surface area contributed by atoms with Crippen LogP contribution in [0.2, 0.25) is 0 Å². The van der Waals surface area contributed by atoms with Gasteiger partial charge in [-0.05, 0) is 44.6 Å². The zero-order chi connectivity index (χ0) is 14.6. The Morgan fingerprint density at radius 1 is 1.35 bits per heavy atom. The quantitative estimate of drug-likeness (QED) is 0.806. The van der Waals surface area contributed by atoms with E-state index >= 15 is 0 Å². The summed E-state index contributed by atoms with van der Waals surface area (Å²) < 4.78 is 0. The first kappa shape index (κ1) is 14.9. The fourth-order valence-electron chi connectivity index (χ4n) is 3.03. The third kappa shape index (κ3) is 3.51. The van der Waals surface area contributed by atoms with Crippen LogP contribution >= 0.6 is 0 Å². The average Bonchev–Trinajstić information content (AvgIpc) is 2.86. The molecule has 0 heterocycles. The molecule has 1 aromatic carbocycles. The molecule has 1 fully saturated rings. The normalized spacial score (nSPS) is 17.4. The Morgan fingerprint density at radius 3 is 2.65 bits per heavy atom. The Bertz CT molecular complexity index is 465. The van der Waals surface area contributed by atoms with E-state index in [0.717, 1.165) is 12.1 Å². The molecule has 0 unspecified atom stereocenters. The van der Waals surface area contributed by atoms with Crippen LogP contribution in [-0.4, -0.2) is 37.0 Å². The van der Waals surface area contributed by atoms with Crippen molar-refractivity contribution in [1.29, 1.82) is 0 Å². The van der Waals surface area contributed by atoms with Crippen molar-refractivity contribution in [3.63, 3.8) is 0 Å². The molecule has 0 aromatic heterocycles. The van der Waals surface area contributed by atoms with Crippen LogP contribution in [0.15, 0.2) is 24.3 Å². The largest absolute Gasteiger partial charge is 0.399 e. The van der Waals surface area contributed by atoms with Gasteiger partial charge in [0, 0.05) is 17.8 Å². The fraction of sp³-hybridized carbons (Fsp3) is 0.562. The van der Waals surface area contributed by atoms with Crippen LogP contribution in [0.5, 0.6) is 0 Å². The van der Waals surface area contributed by atoms with Gasteiger partial charge < -0.3 is 16.0 Å². The summed E-state index contributed by atoms with van der Waals surface area (Å²) in [5.41, 5.74) is 7.54. The molecular weight excluding hydrogens is 250 g/mol. The van der Waals surface area contributed by atoms with Gasteiger partial charge in [-0.1, -0.05) is 25.0 Å². The third-order valence-electron chi connectivity index (χ3n) is 4.41. The van der Waals surface area contributed by atoms with Crippen LogP contribution < -0.4 is 11.1 Å². The highest BCUT2D eigenvalue weighted by Gasteiger charge is 2.35. The lowest BCUT2D eigenvalue weighted by Crippen LogP contribution is -2.51. The smallest absolute Gasteiger partial charge is 0.224 e. The molecule has 4 heteroatoms. The van der Waals surface area contributed by atoms with Gasteiger partial charge in [-0.15, -0.1) is 0 Å². The SMILES string of the molecule is CN(C)C1(CNC(=O)Cc2cccc(N)c2)CCCC1. The minimum Gasteiger partial charge on any atom is -0.399 e. The van der Waals surface area contributed by atoms with Gasteiger partial charge in [-0.25, -0.2) is 0 Å². The highest BCUT2D eigenvalue weighted by molar-refractivity contribution is 5.78. The van der Waals surface area contributed by atoms with E-state index < -0.39 is 0 Å². The number of nitrogens with two attached hydrogens (primary N) is 1.